The maximum Gasteiger partial charge on any atom is 0.254 e. The van der Waals surface area contributed by atoms with E-state index in [1.807, 2.05) is 25.1 Å². The van der Waals surface area contributed by atoms with Crippen LogP contribution in [0.5, 0.6) is 0 Å². The molecule has 0 saturated carbocycles. The minimum absolute atomic E-state index is 0.0118. The maximum atomic E-state index is 12.4. The number of benzene rings is 1. The van der Waals surface area contributed by atoms with Gasteiger partial charge in [-0.2, -0.15) is 0 Å². The highest BCUT2D eigenvalue weighted by Gasteiger charge is 2.28. The number of amidine groups is 1. The van der Waals surface area contributed by atoms with Crippen LogP contribution in [-0.2, 0) is 4.74 Å². The summed E-state index contributed by atoms with van der Waals surface area (Å²) in [5.41, 5.74) is 7.11. The first-order chi connectivity index (χ1) is 9.13. The number of hydrogen-bond acceptors (Lipinski definition) is 4. The van der Waals surface area contributed by atoms with Crippen LogP contribution in [0.25, 0.3) is 0 Å². The SMILES string of the molecule is Cc1ccccc1C(=O)N1CCOC(C(N)=NO)C1. The number of oxime groups is 1. The lowest BCUT2D eigenvalue weighted by molar-refractivity contribution is 0.00672. The number of hydrogen-bond donors (Lipinski definition) is 2. The molecule has 102 valence electrons. The molecule has 1 fully saturated rings. The molecule has 1 saturated heterocycles. The zero-order valence-electron chi connectivity index (χ0n) is 10.7. The second-order valence-electron chi connectivity index (χ2n) is 4.45. The molecule has 1 atom stereocenters. The van der Waals surface area contributed by atoms with E-state index in [-0.39, 0.29) is 11.7 Å². The largest absolute Gasteiger partial charge is 0.409 e. The molecule has 1 aliphatic rings. The van der Waals surface area contributed by atoms with E-state index in [4.69, 9.17) is 15.7 Å². The Kier molecular flexibility index (Phi) is 4.01. The van der Waals surface area contributed by atoms with Crippen LogP contribution in [0.1, 0.15) is 15.9 Å². The lowest BCUT2D eigenvalue weighted by atomic mass is 10.1. The number of rotatable bonds is 2. The molecular formula is C13H17N3O3. The molecule has 1 aromatic rings. The van der Waals surface area contributed by atoms with Gasteiger partial charge in [-0.15, -0.1) is 0 Å². The molecule has 0 bridgehead atoms. The zero-order chi connectivity index (χ0) is 13.8. The zero-order valence-corrected chi connectivity index (χ0v) is 10.7. The summed E-state index contributed by atoms with van der Waals surface area (Å²) in [5, 5.41) is 11.6. The molecule has 6 heteroatoms. The topological polar surface area (TPSA) is 88.2 Å². The minimum atomic E-state index is -0.549. The maximum absolute atomic E-state index is 12.4. The van der Waals surface area contributed by atoms with Crippen LogP contribution in [0.2, 0.25) is 0 Å². The highest BCUT2D eigenvalue weighted by Crippen LogP contribution is 2.14. The summed E-state index contributed by atoms with van der Waals surface area (Å²) in [4.78, 5) is 14.1. The molecule has 6 nitrogen and oxygen atoms in total. The summed E-state index contributed by atoms with van der Waals surface area (Å²) in [6.07, 6.45) is -0.549. The number of nitrogens with zero attached hydrogens (tertiary/aromatic N) is 2. The van der Waals surface area contributed by atoms with Gasteiger partial charge in [0, 0.05) is 12.1 Å². The second kappa shape index (κ2) is 5.71. The first-order valence-corrected chi connectivity index (χ1v) is 6.07. The number of carbonyl (C=O) groups is 1. The first-order valence-electron chi connectivity index (χ1n) is 6.07. The Labute approximate surface area is 111 Å². The monoisotopic (exact) mass is 263 g/mol. The van der Waals surface area contributed by atoms with Crippen molar-refractivity contribution in [2.24, 2.45) is 10.9 Å². The van der Waals surface area contributed by atoms with Crippen LogP contribution in [0.15, 0.2) is 29.4 Å². The van der Waals surface area contributed by atoms with E-state index in [1.54, 1.807) is 11.0 Å². The van der Waals surface area contributed by atoms with Crippen molar-refractivity contribution >= 4 is 11.7 Å². The van der Waals surface area contributed by atoms with Gasteiger partial charge in [0.2, 0.25) is 0 Å². The van der Waals surface area contributed by atoms with Crippen LogP contribution in [0.4, 0.5) is 0 Å². The number of nitrogens with two attached hydrogens (primary N) is 1. The van der Waals surface area contributed by atoms with Crippen molar-refractivity contribution in [3.63, 3.8) is 0 Å². The smallest absolute Gasteiger partial charge is 0.254 e. The van der Waals surface area contributed by atoms with E-state index < -0.39 is 6.10 Å². The summed E-state index contributed by atoms with van der Waals surface area (Å²) in [6, 6.07) is 7.42. The Balaban J connectivity index is 2.14. The average molecular weight is 263 g/mol. The third-order valence-corrected chi connectivity index (χ3v) is 3.17. The van der Waals surface area contributed by atoms with Crippen LogP contribution < -0.4 is 5.73 Å². The van der Waals surface area contributed by atoms with Crippen molar-refractivity contribution in [1.82, 2.24) is 4.90 Å². The number of aryl methyl sites for hydroxylation is 1. The molecule has 0 aliphatic carbocycles. The summed E-state index contributed by atoms with van der Waals surface area (Å²) < 4.78 is 5.37. The Morgan fingerprint density at radius 2 is 2.26 bits per heavy atom. The summed E-state index contributed by atoms with van der Waals surface area (Å²) in [6.45, 7) is 3.07. The molecule has 1 heterocycles. The molecule has 1 amide bonds. The summed E-state index contributed by atoms with van der Waals surface area (Å²) in [7, 11) is 0. The van der Waals surface area contributed by atoms with Gasteiger partial charge in [-0.25, -0.2) is 0 Å². The fraction of sp³-hybridized carbons (Fsp3) is 0.385. The average Bonchev–Trinajstić information content (AvgIpc) is 2.46. The van der Waals surface area contributed by atoms with Gasteiger partial charge >= 0.3 is 0 Å². The molecule has 19 heavy (non-hydrogen) atoms. The van der Waals surface area contributed by atoms with Gasteiger partial charge in [-0.05, 0) is 18.6 Å². The van der Waals surface area contributed by atoms with Gasteiger partial charge in [0.1, 0.15) is 6.10 Å². The fourth-order valence-corrected chi connectivity index (χ4v) is 2.06. The van der Waals surface area contributed by atoms with Crippen molar-refractivity contribution in [3.8, 4) is 0 Å². The summed E-state index contributed by atoms with van der Waals surface area (Å²) in [5.74, 6) is -0.0700. The van der Waals surface area contributed by atoms with Crippen molar-refractivity contribution in [3.05, 3.63) is 35.4 Å². The van der Waals surface area contributed by atoms with E-state index in [9.17, 15) is 4.79 Å². The highest BCUT2D eigenvalue weighted by molar-refractivity contribution is 5.96. The normalized spacial score (nSPS) is 20.4. The first kappa shape index (κ1) is 13.4. The van der Waals surface area contributed by atoms with Crippen LogP contribution >= 0.6 is 0 Å². The van der Waals surface area contributed by atoms with E-state index in [1.165, 1.54) is 0 Å². The van der Waals surface area contributed by atoms with Crippen LogP contribution in [0.3, 0.4) is 0 Å². The number of amides is 1. The van der Waals surface area contributed by atoms with Crippen LogP contribution in [-0.4, -0.2) is 47.7 Å². The fourth-order valence-electron chi connectivity index (χ4n) is 2.06. The molecule has 0 radical (unpaired) electrons. The molecule has 1 aliphatic heterocycles. The van der Waals surface area contributed by atoms with E-state index in [0.717, 1.165) is 5.56 Å². The Morgan fingerprint density at radius 3 is 2.95 bits per heavy atom. The third kappa shape index (κ3) is 2.85. The van der Waals surface area contributed by atoms with Gasteiger partial charge in [0.25, 0.3) is 5.91 Å². The molecule has 3 N–H and O–H groups in total. The number of carbonyl (C=O) groups excluding carboxylic acids is 1. The van der Waals surface area contributed by atoms with Gasteiger partial charge in [0.05, 0.1) is 13.2 Å². The number of morpholine rings is 1. The van der Waals surface area contributed by atoms with Crippen molar-refractivity contribution in [1.29, 1.82) is 0 Å². The molecule has 1 unspecified atom stereocenters. The third-order valence-electron chi connectivity index (χ3n) is 3.17. The Morgan fingerprint density at radius 1 is 1.53 bits per heavy atom. The predicted octanol–water partition coefficient (Wildman–Crippen LogP) is 0.582. The van der Waals surface area contributed by atoms with E-state index in [0.29, 0.717) is 25.3 Å². The molecular weight excluding hydrogens is 246 g/mol. The van der Waals surface area contributed by atoms with Gasteiger partial charge in [-0.3, -0.25) is 4.79 Å². The molecule has 0 aromatic heterocycles. The van der Waals surface area contributed by atoms with Crippen molar-refractivity contribution in [2.45, 2.75) is 13.0 Å². The van der Waals surface area contributed by atoms with Gasteiger partial charge < -0.3 is 20.6 Å². The van der Waals surface area contributed by atoms with E-state index in [2.05, 4.69) is 5.16 Å². The van der Waals surface area contributed by atoms with Crippen LogP contribution in [0, 0.1) is 6.92 Å². The molecule has 1 aromatic carbocycles. The Hall–Kier alpha value is -2.08. The quantitative estimate of drug-likeness (QED) is 0.353. The lowest BCUT2D eigenvalue weighted by Gasteiger charge is -2.32. The van der Waals surface area contributed by atoms with Gasteiger partial charge in [0.15, 0.2) is 5.84 Å². The predicted molar refractivity (Wildman–Crippen MR) is 70.2 cm³/mol. The van der Waals surface area contributed by atoms with Gasteiger partial charge in [-0.1, -0.05) is 23.4 Å². The molecule has 0 spiro atoms. The van der Waals surface area contributed by atoms with E-state index >= 15 is 0 Å². The second-order valence-corrected chi connectivity index (χ2v) is 4.45. The van der Waals surface area contributed by atoms with Crippen molar-refractivity contribution < 1.29 is 14.7 Å². The highest BCUT2D eigenvalue weighted by atomic mass is 16.5. The number of ether oxygens (including phenoxy) is 1. The standard InChI is InChI=1S/C13H17N3O3/c1-9-4-2-3-5-10(9)13(17)16-6-7-19-11(8-16)12(14)15-18/h2-5,11,18H,6-8H2,1H3,(H2,14,15). The lowest BCUT2D eigenvalue weighted by Crippen LogP contribution is -2.50. The summed E-state index contributed by atoms with van der Waals surface area (Å²) >= 11 is 0. The Bertz CT molecular complexity index is 502. The minimum Gasteiger partial charge on any atom is -0.409 e. The van der Waals surface area contributed by atoms with Crippen molar-refractivity contribution in [2.75, 3.05) is 19.7 Å². The molecule has 2 rings (SSSR count).